The van der Waals surface area contributed by atoms with Gasteiger partial charge < -0.3 is 5.32 Å². The van der Waals surface area contributed by atoms with Crippen LogP contribution in [-0.2, 0) is 0 Å². The fourth-order valence-corrected chi connectivity index (χ4v) is 2.42. The van der Waals surface area contributed by atoms with Crippen LogP contribution >= 0.6 is 11.3 Å². The number of aromatic amines is 1. The minimum atomic E-state index is 0.270. The Morgan fingerprint density at radius 1 is 1.35 bits per heavy atom. The van der Waals surface area contributed by atoms with Crippen molar-refractivity contribution in [2.24, 2.45) is 0 Å². The molecule has 0 spiro atoms. The molecule has 1 atom stereocenters. The van der Waals surface area contributed by atoms with E-state index < -0.39 is 0 Å². The Balaban J connectivity index is 1.84. The summed E-state index contributed by atoms with van der Waals surface area (Å²) in [7, 11) is 0. The van der Waals surface area contributed by atoms with Crippen LogP contribution in [0.1, 0.15) is 17.8 Å². The molecule has 0 aliphatic carbocycles. The second-order valence-electron chi connectivity index (χ2n) is 3.94. The van der Waals surface area contributed by atoms with Gasteiger partial charge in [0.25, 0.3) is 0 Å². The normalized spacial score (nSPS) is 12.8. The number of nitrogens with zero attached hydrogens (tertiary/aromatic N) is 2. The van der Waals surface area contributed by atoms with Crippen molar-refractivity contribution < 1.29 is 0 Å². The molecule has 2 N–H and O–H groups in total. The molecule has 0 saturated heterocycles. The zero-order chi connectivity index (χ0) is 11.7. The molecule has 0 fully saturated rings. The van der Waals surface area contributed by atoms with E-state index in [-0.39, 0.29) is 6.04 Å². The Labute approximate surface area is 103 Å². The molecule has 3 aromatic rings. The SMILES string of the molecule is CC(Nc1ccc2[nH]ncc2c1)c1cncs1. The molecule has 1 aromatic carbocycles. The van der Waals surface area contributed by atoms with E-state index in [2.05, 4.69) is 39.6 Å². The van der Waals surface area contributed by atoms with Crippen molar-refractivity contribution >= 4 is 27.9 Å². The van der Waals surface area contributed by atoms with Gasteiger partial charge in [0, 0.05) is 22.1 Å². The van der Waals surface area contributed by atoms with Crippen LogP contribution in [0.3, 0.4) is 0 Å². The molecule has 0 radical (unpaired) electrons. The van der Waals surface area contributed by atoms with Crippen molar-refractivity contribution in [2.75, 3.05) is 5.32 Å². The van der Waals surface area contributed by atoms with Gasteiger partial charge in [-0.1, -0.05) is 0 Å². The van der Waals surface area contributed by atoms with E-state index in [4.69, 9.17) is 0 Å². The standard InChI is InChI=1S/C12H12N4S/c1-8(12-6-13-7-17-12)15-10-2-3-11-9(4-10)5-14-16-11/h2-8,15H,1H3,(H,14,16). The van der Waals surface area contributed by atoms with Gasteiger partial charge >= 0.3 is 0 Å². The van der Waals surface area contributed by atoms with Crippen LogP contribution < -0.4 is 5.32 Å². The van der Waals surface area contributed by atoms with Crippen LogP contribution in [-0.4, -0.2) is 15.2 Å². The predicted octanol–water partition coefficient (Wildman–Crippen LogP) is 3.19. The lowest BCUT2D eigenvalue weighted by Crippen LogP contribution is -2.04. The van der Waals surface area contributed by atoms with Gasteiger partial charge in [-0.05, 0) is 25.1 Å². The molecule has 2 aromatic heterocycles. The van der Waals surface area contributed by atoms with Gasteiger partial charge in [0.05, 0.1) is 23.3 Å². The maximum atomic E-state index is 4.09. The molecule has 4 nitrogen and oxygen atoms in total. The number of H-pyrrole nitrogens is 1. The quantitative estimate of drug-likeness (QED) is 0.744. The molecule has 5 heteroatoms. The molecule has 2 heterocycles. The molecule has 0 aliphatic heterocycles. The number of hydrogen-bond acceptors (Lipinski definition) is 4. The lowest BCUT2D eigenvalue weighted by atomic mass is 10.2. The topological polar surface area (TPSA) is 53.6 Å². The molecule has 0 amide bonds. The molecule has 17 heavy (non-hydrogen) atoms. The predicted molar refractivity (Wildman–Crippen MR) is 70.2 cm³/mol. The number of rotatable bonds is 3. The first-order valence-corrected chi connectivity index (χ1v) is 6.29. The first-order valence-electron chi connectivity index (χ1n) is 5.41. The molecule has 0 bridgehead atoms. The third-order valence-electron chi connectivity index (χ3n) is 2.70. The molecular formula is C12H12N4S. The lowest BCUT2D eigenvalue weighted by molar-refractivity contribution is 0.904. The summed E-state index contributed by atoms with van der Waals surface area (Å²) in [5.74, 6) is 0. The Kier molecular flexibility index (Phi) is 2.53. The second-order valence-corrected chi connectivity index (χ2v) is 4.86. The van der Waals surface area contributed by atoms with Crippen molar-refractivity contribution in [3.05, 3.63) is 41.0 Å². The number of anilines is 1. The lowest BCUT2D eigenvalue weighted by Gasteiger charge is -2.13. The average Bonchev–Trinajstić information content (AvgIpc) is 2.99. The van der Waals surface area contributed by atoms with Crippen molar-refractivity contribution in [3.63, 3.8) is 0 Å². The maximum Gasteiger partial charge on any atom is 0.0795 e. The summed E-state index contributed by atoms with van der Waals surface area (Å²) >= 11 is 1.66. The molecule has 1 unspecified atom stereocenters. The summed E-state index contributed by atoms with van der Waals surface area (Å²) < 4.78 is 0. The van der Waals surface area contributed by atoms with Crippen molar-refractivity contribution in [1.29, 1.82) is 0 Å². The maximum absolute atomic E-state index is 4.09. The van der Waals surface area contributed by atoms with Crippen molar-refractivity contribution in [3.8, 4) is 0 Å². The highest BCUT2D eigenvalue weighted by atomic mass is 32.1. The average molecular weight is 244 g/mol. The van der Waals surface area contributed by atoms with Gasteiger partial charge in [0.15, 0.2) is 0 Å². The van der Waals surface area contributed by atoms with E-state index in [1.807, 2.05) is 24.0 Å². The number of aromatic nitrogens is 3. The van der Waals surface area contributed by atoms with Crippen LogP contribution in [0.2, 0.25) is 0 Å². The highest BCUT2D eigenvalue weighted by Gasteiger charge is 2.07. The third kappa shape index (κ3) is 2.01. The van der Waals surface area contributed by atoms with E-state index in [0.29, 0.717) is 0 Å². The highest BCUT2D eigenvalue weighted by Crippen LogP contribution is 2.23. The van der Waals surface area contributed by atoms with Gasteiger partial charge in [-0.25, -0.2) is 0 Å². The molecule has 0 aliphatic rings. The molecule has 3 rings (SSSR count). The van der Waals surface area contributed by atoms with Crippen molar-refractivity contribution in [2.45, 2.75) is 13.0 Å². The summed E-state index contributed by atoms with van der Waals surface area (Å²) in [4.78, 5) is 5.32. The smallest absolute Gasteiger partial charge is 0.0795 e. The Morgan fingerprint density at radius 2 is 2.29 bits per heavy atom. The fraction of sp³-hybridized carbons (Fsp3) is 0.167. The Morgan fingerprint density at radius 3 is 3.12 bits per heavy atom. The van der Waals surface area contributed by atoms with Gasteiger partial charge in [0.1, 0.15) is 0 Å². The Hall–Kier alpha value is -1.88. The van der Waals surface area contributed by atoms with Crippen molar-refractivity contribution in [1.82, 2.24) is 15.2 Å². The van der Waals surface area contributed by atoms with Gasteiger partial charge in [-0.3, -0.25) is 10.1 Å². The number of hydrogen-bond donors (Lipinski definition) is 2. The fourth-order valence-electron chi connectivity index (χ4n) is 1.79. The van der Waals surface area contributed by atoms with E-state index in [1.165, 1.54) is 4.88 Å². The van der Waals surface area contributed by atoms with E-state index in [1.54, 1.807) is 11.3 Å². The van der Waals surface area contributed by atoms with Crippen LogP contribution in [0.4, 0.5) is 5.69 Å². The van der Waals surface area contributed by atoms with Gasteiger partial charge in [-0.15, -0.1) is 11.3 Å². The summed E-state index contributed by atoms with van der Waals surface area (Å²) in [5.41, 5.74) is 4.01. The largest absolute Gasteiger partial charge is 0.378 e. The number of thiazole rings is 1. The van der Waals surface area contributed by atoms with Gasteiger partial charge in [0.2, 0.25) is 0 Å². The highest BCUT2D eigenvalue weighted by molar-refractivity contribution is 7.09. The zero-order valence-corrected chi connectivity index (χ0v) is 10.2. The summed E-state index contributed by atoms with van der Waals surface area (Å²) in [6, 6.07) is 6.45. The van der Waals surface area contributed by atoms with E-state index in [9.17, 15) is 0 Å². The first-order chi connectivity index (χ1) is 8.33. The molecular weight excluding hydrogens is 232 g/mol. The number of benzene rings is 1. The van der Waals surface area contributed by atoms with Crippen LogP contribution in [0.25, 0.3) is 10.9 Å². The van der Waals surface area contributed by atoms with Crippen LogP contribution in [0.5, 0.6) is 0 Å². The molecule has 86 valence electrons. The van der Waals surface area contributed by atoms with Crippen LogP contribution in [0, 0.1) is 0 Å². The summed E-state index contributed by atoms with van der Waals surface area (Å²) in [6.07, 6.45) is 3.73. The minimum absolute atomic E-state index is 0.270. The number of fused-ring (bicyclic) bond motifs is 1. The third-order valence-corrected chi connectivity index (χ3v) is 3.66. The zero-order valence-electron chi connectivity index (χ0n) is 9.34. The second kappa shape index (κ2) is 4.18. The van der Waals surface area contributed by atoms with Crippen LogP contribution in [0.15, 0.2) is 36.1 Å². The summed E-state index contributed by atoms with van der Waals surface area (Å²) in [6.45, 7) is 2.13. The first kappa shape index (κ1) is 10.3. The monoisotopic (exact) mass is 244 g/mol. The summed E-state index contributed by atoms with van der Waals surface area (Å²) in [5, 5.41) is 11.5. The van der Waals surface area contributed by atoms with E-state index >= 15 is 0 Å². The number of nitrogens with one attached hydrogen (secondary N) is 2. The molecule has 0 saturated carbocycles. The van der Waals surface area contributed by atoms with E-state index in [0.717, 1.165) is 16.6 Å². The Bertz CT molecular complexity index is 614. The van der Waals surface area contributed by atoms with Gasteiger partial charge in [-0.2, -0.15) is 5.10 Å². The minimum Gasteiger partial charge on any atom is -0.378 e.